The van der Waals surface area contributed by atoms with E-state index in [1.807, 2.05) is 44.4 Å². The molecule has 0 spiro atoms. The summed E-state index contributed by atoms with van der Waals surface area (Å²) in [6.07, 6.45) is 9.52. The lowest BCUT2D eigenvalue weighted by atomic mass is 10.2. The number of amides is 4. The Balaban J connectivity index is 0.000000127. The molecule has 0 radical (unpaired) electrons. The van der Waals surface area contributed by atoms with Crippen molar-refractivity contribution in [2.45, 2.75) is 105 Å². The Labute approximate surface area is 784 Å². The highest BCUT2D eigenvalue weighted by molar-refractivity contribution is 7.11. The number of rotatable bonds is 18. The number of anilines is 2. The average molecular weight is 1880 g/mol. The van der Waals surface area contributed by atoms with E-state index < -0.39 is 0 Å². The van der Waals surface area contributed by atoms with Crippen molar-refractivity contribution in [3.05, 3.63) is 311 Å². The largest absolute Gasteiger partial charge is 0.446 e. The van der Waals surface area contributed by atoms with Crippen LogP contribution in [0.1, 0.15) is 53.7 Å². The van der Waals surface area contributed by atoms with E-state index in [1.165, 1.54) is 116 Å². The highest BCUT2D eigenvalue weighted by atomic mass is 32.1. The summed E-state index contributed by atoms with van der Waals surface area (Å²) in [5, 5.41) is 19.2. The molecule has 0 N–H and O–H groups in total. The minimum Gasteiger partial charge on any atom is -0.446 e. The molecule has 2 fully saturated rings. The zero-order valence-electron chi connectivity index (χ0n) is 74.9. The second-order valence-corrected chi connectivity index (χ2v) is 34.3. The minimum absolute atomic E-state index is 0.00858. The maximum absolute atomic E-state index is 13.5. The molecule has 137 heavy (non-hydrogen) atoms. The summed E-state index contributed by atoms with van der Waals surface area (Å²) >= 11 is 1.69. The van der Waals surface area contributed by atoms with Crippen LogP contribution in [0.5, 0.6) is 0 Å². The summed E-state index contributed by atoms with van der Waals surface area (Å²) in [4.78, 5) is 110. The van der Waals surface area contributed by atoms with E-state index in [0.717, 1.165) is 35.0 Å². The first-order chi connectivity index (χ1) is 66.3. The van der Waals surface area contributed by atoms with E-state index in [0.29, 0.717) is 181 Å². The topological polar surface area (TPSA) is 301 Å². The summed E-state index contributed by atoms with van der Waals surface area (Å²) < 4.78 is 119. The molecule has 4 aliphatic heterocycles. The van der Waals surface area contributed by atoms with Crippen molar-refractivity contribution >= 4 is 46.9 Å². The highest BCUT2D eigenvalue weighted by Gasteiger charge is 2.34. The monoisotopic (exact) mass is 1880 g/mol. The van der Waals surface area contributed by atoms with Gasteiger partial charge in [-0.05, 0) is 234 Å². The van der Waals surface area contributed by atoms with Gasteiger partial charge in [-0.2, -0.15) is 0 Å². The summed E-state index contributed by atoms with van der Waals surface area (Å²) in [7, 11) is 0. The molecule has 4 amide bonds. The van der Waals surface area contributed by atoms with E-state index >= 15 is 0 Å². The predicted octanol–water partition coefficient (Wildman–Crippen LogP) is 15.3. The van der Waals surface area contributed by atoms with Gasteiger partial charge >= 0.3 is 0 Å². The van der Waals surface area contributed by atoms with Crippen molar-refractivity contribution in [1.82, 2.24) is 109 Å². The van der Waals surface area contributed by atoms with Gasteiger partial charge in [0.25, 0.3) is 0 Å². The number of piperazine rings is 2. The number of fused-ring (bicyclic) bond motifs is 2. The van der Waals surface area contributed by atoms with E-state index in [-0.39, 0.29) is 114 Å². The molecule has 698 valence electrons. The molecule has 2 saturated heterocycles. The van der Waals surface area contributed by atoms with E-state index in [9.17, 15) is 54.3 Å². The standard InChI is InChI=1S/2C25H23F2N7O.C25H23F2N5OS.C24H21F2N5O2/c1-17-15-32(25-28-11-2-12-29-25)13-14-33(17)22(35)16-34-24(19-5-9-21(27)10-6-19)30-23(31-34)18-3-7-20(26)8-4-18;1-17-15-32(13-14-33(17)25-28-11-2-12-29-25)22(35)16-34-24(19-5-9-21(27)10-6-19)30-23(31-34)18-3-7-20(26)8-4-18;1-15-13-22-21(28-16(2)34-22)11-12-31(15)23(33)14-32-25(18-5-9-20(27)10-6-18)29-24(30-32)17-3-7-19(26)8-4-17;1-15-27-20-10-12-30(13-11-21(20)33-15)22(32)14-31-24(17-4-8-19(26)9-5-17)28-23(29-31)16-2-6-18(25)7-3-16/h2*2-12,17H,13-16H2,1H3;3-10,15H,11-14H2,1-2H3;2-9H,10-14H2,1H3. The molecule has 3 unspecified atom stereocenters. The van der Waals surface area contributed by atoms with Crippen molar-refractivity contribution in [3.63, 3.8) is 0 Å². The number of benzene rings is 8. The van der Waals surface area contributed by atoms with Crippen LogP contribution in [0.25, 0.3) is 91.1 Å². The van der Waals surface area contributed by atoms with Crippen LogP contribution in [0.4, 0.5) is 47.0 Å². The van der Waals surface area contributed by atoms with Crippen LogP contribution in [0.15, 0.2) is 235 Å². The lowest BCUT2D eigenvalue weighted by molar-refractivity contribution is -0.135. The van der Waals surface area contributed by atoms with Gasteiger partial charge in [0.15, 0.2) is 52.5 Å². The average Bonchev–Trinajstić information content (AvgIpc) is 1.67. The summed E-state index contributed by atoms with van der Waals surface area (Å²) in [5.41, 5.74) is 6.97. The number of hydrogen-bond acceptors (Lipinski definition) is 22. The quantitative estimate of drug-likeness (QED) is 0.0721. The van der Waals surface area contributed by atoms with Gasteiger partial charge in [-0.1, -0.05) is 0 Å². The fourth-order valence-electron chi connectivity index (χ4n) is 16.5. The van der Waals surface area contributed by atoms with Crippen LogP contribution in [-0.2, 0) is 71.0 Å². The first-order valence-corrected chi connectivity index (χ1v) is 45.1. The lowest BCUT2D eigenvalue weighted by Crippen LogP contribution is -2.55. The van der Waals surface area contributed by atoms with Crippen LogP contribution in [0.3, 0.4) is 0 Å². The third-order valence-electron chi connectivity index (χ3n) is 23.5. The Morgan fingerprint density at radius 3 is 1.07 bits per heavy atom. The van der Waals surface area contributed by atoms with Gasteiger partial charge in [-0.25, -0.2) is 104 Å². The van der Waals surface area contributed by atoms with Crippen LogP contribution in [-0.4, -0.2) is 209 Å². The summed E-state index contributed by atoms with van der Waals surface area (Å²) in [5.74, 6) is 2.63. The molecule has 0 bridgehead atoms. The molecule has 20 rings (SSSR count). The SMILES string of the molecule is CC1CN(C(=O)Cn2nc(-c3ccc(F)cc3)nc2-c2ccc(F)cc2)CCN1c1ncccn1.CC1CN(c2ncccn2)CCN1C(=O)Cn1nc(-c2ccc(F)cc2)nc1-c1ccc(F)cc1.Cc1nc2c(o1)CCN(C(=O)Cn1nc(-c3ccc(F)cc3)nc1-c1ccc(F)cc1)CC2.Cc1nc2c(s1)CC(C)N(C(=O)Cn1nc(-c3ccc(F)cc3)nc1-c1ccc(F)cc1)CC2. The first-order valence-electron chi connectivity index (χ1n) is 44.3. The maximum atomic E-state index is 13.5. The summed E-state index contributed by atoms with van der Waals surface area (Å²) in [6.45, 7) is 14.8. The van der Waals surface area contributed by atoms with Crippen LogP contribution < -0.4 is 9.80 Å². The molecule has 0 aliphatic carbocycles. The van der Waals surface area contributed by atoms with Gasteiger partial charge < -0.3 is 33.8 Å². The number of aromatic nitrogens is 18. The van der Waals surface area contributed by atoms with Crippen molar-refractivity contribution in [2.24, 2.45) is 0 Å². The minimum atomic E-state index is -0.372. The zero-order valence-corrected chi connectivity index (χ0v) is 75.7. The molecule has 8 aromatic carbocycles. The lowest BCUT2D eigenvalue weighted by Gasteiger charge is -2.39. The Kier molecular flexibility index (Phi) is 28.4. The second-order valence-electron chi connectivity index (χ2n) is 33.1. The van der Waals surface area contributed by atoms with Crippen LogP contribution in [0, 0.1) is 60.4 Å². The van der Waals surface area contributed by atoms with Crippen molar-refractivity contribution < 1.29 is 58.7 Å². The fraction of sp³-hybridized carbons (Fsp3) is 0.253. The second kappa shape index (κ2) is 41.8. The maximum Gasteiger partial charge on any atom is 0.244 e. The molecule has 0 saturated carbocycles. The van der Waals surface area contributed by atoms with Gasteiger partial charge in [-0.15, -0.1) is 31.7 Å². The molecule has 12 heterocycles. The molecule has 8 aromatic heterocycles. The van der Waals surface area contributed by atoms with E-state index in [2.05, 4.69) is 80.0 Å². The van der Waals surface area contributed by atoms with Gasteiger partial charge in [-0.3, -0.25) is 19.2 Å². The number of nitrogens with zero attached hydrogens (tertiary/aromatic N) is 24. The molecule has 4 aliphatic rings. The Hall–Kier alpha value is -15.8. The Morgan fingerprint density at radius 2 is 0.686 bits per heavy atom. The normalized spacial score (nSPS) is 15.3. The third-order valence-corrected chi connectivity index (χ3v) is 24.5. The molecule has 38 heteroatoms. The van der Waals surface area contributed by atoms with E-state index in [4.69, 9.17) is 4.42 Å². The number of halogens is 8. The number of oxazole rings is 1. The van der Waals surface area contributed by atoms with Gasteiger partial charge in [0.1, 0.15) is 78.5 Å². The number of carbonyl (C=O) groups is 4. The van der Waals surface area contributed by atoms with Gasteiger partial charge in [0.05, 0.1) is 16.4 Å². The van der Waals surface area contributed by atoms with Crippen molar-refractivity contribution in [1.29, 1.82) is 0 Å². The Bertz CT molecular complexity index is 6870. The van der Waals surface area contributed by atoms with Crippen LogP contribution in [0.2, 0.25) is 0 Å². The highest BCUT2D eigenvalue weighted by Crippen LogP contribution is 2.33. The fourth-order valence-corrected chi connectivity index (χ4v) is 17.6. The van der Waals surface area contributed by atoms with Crippen LogP contribution >= 0.6 is 11.3 Å². The molecular weight excluding hydrogens is 1790 g/mol. The summed E-state index contributed by atoms with van der Waals surface area (Å²) in [6, 6.07) is 50.3. The van der Waals surface area contributed by atoms with Gasteiger partial charge in [0, 0.05) is 184 Å². The Morgan fingerprint density at radius 1 is 0.343 bits per heavy atom. The molecule has 3 atom stereocenters. The smallest absolute Gasteiger partial charge is 0.244 e. The van der Waals surface area contributed by atoms with Crippen molar-refractivity contribution in [3.8, 4) is 91.1 Å². The van der Waals surface area contributed by atoms with E-state index in [1.54, 1.807) is 160 Å². The molecular formula is C99H90F8N24O5S. The van der Waals surface area contributed by atoms with Crippen molar-refractivity contribution in [2.75, 3.05) is 68.7 Å². The third kappa shape index (κ3) is 22.5. The number of hydrogen-bond donors (Lipinski definition) is 0. The zero-order chi connectivity index (χ0) is 95.5. The number of aryl methyl sites for hydroxylation is 2. The first kappa shape index (κ1) is 93.1. The molecule has 16 aromatic rings. The predicted molar refractivity (Wildman–Crippen MR) is 495 cm³/mol. The number of carbonyl (C=O) groups excluding carboxylic acids is 4. The number of thiazole rings is 1. The van der Waals surface area contributed by atoms with Gasteiger partial charge in [0.2, 0.25) is 35.5 Å². The molecule has 29 nitrogen and oxygen atoms in total.